The highest BCUT2D eigenvalue weighted by atomic mass is 16.2. The second-order valence-electron chi connectivity index (χ2n) is 6.05. The van der Waals surface area contributed by atoms with Gasteiger partial charge in [-0.3, -0.25) is 9.48 Å². The fraction of sp³-hybridized carbons (Fsp3) is 0.733. The van der Waals surface area contributed by atoms with E-state index in [1.54, 1.807) is 4.68 Å². The molecular formula is C15H26N4O. The summed E-state index contributed by atoms with van der Waals surface area (Å²) in [7, 11) is 3.99. The number of amides is 1. The highest BCUT2D eigenvalue weighted by molar-refractivity contribution is 5.92. The van der Waals surface area contributed by atoms with Crippen LogP contribution in [0.4, 0.5) is 0 Å². The Labute approximate surface area is 121 Å². The van der Waals surface area contributed by atoms with Crippen LogP contribution < -0.4 is 5.32 Å². The monoisotopic (exact) mass is 278 g/mol. The van der Waals surface area contributed by atoms with Crippen LogP contribution in [0.5, 0.6) is 0 Å². The van der Waals surface area contributed by atoms with E-state index in [0.29, 0.717) is 17.7 Å². The molecule has 1 aliphatic rings. The summed E-state index contributed by atoms with van der Waals surface area (Å²) < 4.78 is 1.67. The summed E-state index contributed by atoms with van der Waals surface area (Å²) >= 11 is 0. The quantitative estimate of drug-likeness (QED) is 0.893. The van der Waals surface area contributed by atoms with E-state index in [1.807, 2.05) is 13.1 Å². The summed E-state index contributed by atoms with van der Waals surface area (Å²) in [6, 6.07) is 2.51. The van der Waals surface area contributed by atoms with E-state index >= 15 is 0 Å². The molecule has 1 aromatic heterocycles. The molecule has 1 fully saturated rings. The van der Waals surface area contributed by atoms with E-state index in [-0.39, 0.29) is 5.91 Å². The Kier molecular flexibility index (Phi) is 4.81. The molecule has 0 bridgehead atoms. The maximum Gasteiger partial charge on any atom is 0.269 e. The van der Waals surface area contributed by atoms with Crippen LogP contribution in [-0.4, -0.2) is 46.8 Å². The summed E-state index contributed by atoms with van der Waals surface area (Å²) in [5.41, 5.74) is 1.61. The van der Waals surface area contributed by atoms with Gasteiger partial charge in [0.25, 0.3) is 5.91 Å². The van der Waals surface area contributed by atoms with Crippen molar-refractivity contribution in [1.82, 2.24) is 20.0 Å². The molecule has 1 unspecified atom stereocenters. The molecule has 0 saturated carbocycles. The van der Waals surface area contributed by atoms with Crippen LogP contribution in [0.2, 0.25) is 0 Å². The maximum atomic E-state index is 12.2. The zero-order chi connectivity index (χ0) is 14.7. The summed E-state index contributed by atoms with van der Waals surface area (Å²) in [6.45, 7) is 6.08. The largest absolute Gasteiger partial charge is 0.351 e. The summed E-state index contributed by atoms with van der Waals surface area (Å²) in [4.78, 5) is 14.6. The SMILES string of the molecule is CC(C)c1cc(C(=O)NCCC2CCCN2C)n(C)n1. The Morgan fingerprint density at radius 2 is 2.25 bits per heavy atom. The van der Waals surface area contributed by atoms with Crippen LogP contribution in [0.1, 0.15) is 55.2 Å². The Hall–Kier alpha value is -1.36. The maximum absolute atomic E-state index is 12.2. The molecule has 0 aliphatic carbocycles. The van der Waals surface area contributed by atoms with Crippen LogP contribution in [-0.2, 0) is 7.05 Å². The van der Waals surface area contributed by atoms with Gasteiger partial charge in [0.2, 0.25) is 0 Å². The summed E-state index contributed by atoms with van der Waals surface area (Å²) in [5.74, 6) is 0.322. The molecule has 0 spiro atoms. The number of carbonyl (C=O) groups is 1. The van der Waals surface area contributed by atoms with E-state index in [2.05, 4.69) is 36.2 Å². The molecule has 1 atom stereocenters. The Morgan fingerprint density at radius 3 is 2.80 bits per heavy atom. The van der Waals surface area contributed by atoms with E-state index in [9.17, 15) is 4.79 Å². The molecule has 1 aliphatic heterocycles. The van der Waals surface area contributed by atoms with Crippen LogP contribution in [0, 0.1) is 0 Å². The lowest BCUT2D eigenvalue weighted by Crippen LogP contribution is -2.32. The molecule has 5 nitrogen and oxygen atoms in total. The average Bonchev–Trinajstić information content (AvgIpc) is 2.96. The van der Waals surface area contributed by atoms with E-state index in [1.165, 1.54) is 19.4 Å². The fourth-order valence-corrected chi connectivity index (χ4v) is 2.77. The summed E-state index contributed by atoms with van der Waals surface area (Å²) in [5, 5.41) is 7.39. The van der Waals surface area contributed by atoms with Gasteiger partial charge in [-0.25, -0.2) is 0 Å². The lowest BCUT2D eigenvalue weighted by atomic mass is 10.1. The van der Waals surface area contributed by atoms with Crippen LogP contribution in [0.3, 0.4) is 0 Å². The third-order valence-corrected chi connectivity index (χ3v) is 4.16. The van der Waals surface area contributed by atoms with Crippen molar-refractivity contribution in [2.45, 2.75) is 45.1 Å². The second-order valence-corrected chi connectivity index (χ2v) is 6.05. The lowest BCUT2D eigenvalue weighted by molar-refractivity contribution is 0.0941. The standard InChI is InChI=1S/C15H26N4O/c1-11(2)13-10-14(19(4)17-13)15(20)16-8-7-12-6-5-9-18(12)3/h10-12H,5-9H2,1-4H3,(H,16,20). The van der Waals surface area contributed by atoms with Gasteiger partial charge in [-0.2, -0.15) is 5.10 Å². The fourth-order valence-electron chi connectivity index (χ4n) is 2.77. The Balaban J connectivity index is 1.85. The molecule has 1 saturated heterocycles. The van der Waals surface area contributed by atoms with Crippen molar-refractivity contribution < 1.29 is 4.79 Å². The van der Waals surface area contributed by atoms with Crippen molar-refractivity contribution in [2.24, 2.45) is 7.05 Å². The minimum absolute atomic E-state index is 0.0208. The number of aromatic nitrogens is 2. The predicted octanol–water partition coefficient (Wildman–Crippen LogP) is 1.76. The van der Waals surface area contributed by atoms with Gasteiger partial charge >= 0.3 is 0 Å². The van der Waals surface area contributed by atoms with Crippen molar-refractivity contribution in [3.8, 4) is 0 Å². The molecule has 1 aromatic rings. The summed E-state index contributed by atoms with van der Waals surface area (Å²) in [6.07, 6.45) is 3.54. The van der Waals surface area contributed by atoms with Crippen molar-refractivity contribution in [1.29, 1.82) is 0 Å². The predicted molar refractivity (Wildman–Crippen MR) is 79.9 cm³/mol. The first-order valence-corrected chi connectivity index (χ1v) is 7.51. The van der Waals surface area contributed by atoms with Crippen LogP contribution in [0.15, 0.2) is 6.07 Å². The molecule has 1 amide bonds. The molecule has 112 valence electrons. The van der Waals surface area contributed by atoms with Crippen LogP contribution in [0.25, 0.3) is 0 Å². The number of hydrogen-bond donors (Lipinski definition) is 1. The minimum atomic E-state index is -0.0208. The number of rotatable bonds is 5. The molecule has 0 aromatic carbocycles. The van der Waals surface area contributed by atoms with Crippen molar-refractivity contribution in [2.75, 3.05) is 20.1 Å². The molecule has 1 N–H and O–H groups in total. The normalized spacial score (nSPS) is 19.8. The topological polar surface area (TPSA) is 50.2 Å². The number of carbonyl (C=O) groups excluding carboxylic acids is 1. The van der Waals surface area contributed by atoms with Crippen molar-refractivity contribution in [3.63, 3.8) is 0 Å². The molecule has 0 radical (unpaired) electrons. The van der Waals surface area contributed by atoms with Crippen LogP contribution >= 0.6 is 0 Å². The first kappa shape index (κ1) is 15.0. The van der Waals surface area contributed by atoms with E-state index in [4.69, 9.17) is 0 Å². The Morgan fingerprint density at radius 1 is 1.50 bits per heavy atom. The Bertz CT molecular complexity index is 466. The van der Waals surface area contributed by atoms with Gasteiger partial charge < -0.3 is 10.2 Å². The highest BCUT2D eigenvalue weighted by Gasteiger charge is 2.21. The van der Waals surface area contributed by atoms with Gasteiger partial charge in [0, 0.05) is 19.6 Å². The second kappa shape index (κ2) is 6.39. The number of hydrogen-bond acceptors (Lipinski definition) is 3. The van der Waals surface area contributed by atoms with Gasteiger partial charge in [0.05, 0.1) is 5.69 Å². The van der Waals surface area contributed by atoms with Gasteiger partial charge in [0.15, 0.2) is 0 Å². The zero-order valence-corrected chi connectivity index (χ0v) is 13.0. The number of nitrogens with zero attached hydrogens (tertiary/aromatic N) is 3. The first-order valence-electron chi connectivity index (χ1n) is 7.51. The van der Waals surface area contributed by atoms with Gasteiger partial charge in [0.1, 0.15) is 5.69 Å². The van der Waals surface area contributed by atoms with Gasteiger partial charge in [-0.15, -0.1) is 0 Å². The highest BCUT2D eigenvalue weighted by Crippen LogP contribution is 2.17. The zero-order valence-electron chi connectivity index (χ0n) is 13.0. The lowest BCUT2D eigenvalue weighted by Gasteiger charge is -2.19. The number of likely N-dealkylation sites (tertiary alicyclic amines) is 1. The number of nitrogens with one attached hydrogen (secondary N) is 1. The number of aryl methyl sites for hydroxylation is 1. The van der Waals surface area contributed by atoms with Gasteiger partial charge in [-0.05, 0) is 44.8 Å². The van der Waals surface area contributed by atoms with Gasteiger partial charge in [-0.1, -0.05) is 13.8 Å². The molecular weight excluding hydrogens is 252 g/mol. The molecule has 20 heavy (non-hydrogen) atoms. The molecule has 5 heteroatoms. The first-order chi connectivity index (χ1) is 9.49. The van der Waals surface area contributed by atoms with Crippen molar-refractivity contribution in [3.05, 3.63) is 17.5 Å². The van der Waals surface area contributed by atoms with E-state index < -0.39 is 0 Å². The third kappa shape index (κ3) is 3.39. The van der Waals surface area contributed by atoms with Crippen molar-refractivity contribution >= 4 is 5.91 Å². The smallest absolute Gasteiger partial charge is 0.269 e. The average molecular weight is 278 g/mol. The van der Waals surface area contributed by atoms with E-state index in [0.717, 1.165) is 18.7 Å². The third-order valence-electron chi connectivity index (χ3n) is 4.16. The molecule has 2 rings (SSSR count). The minimum Gasteiger partial charge on any atom is -0.351 e. The molecule has 2 heterocycles.